The van der Waals surface area contributed by atoms with Crippen LogP contribution in [-0.2, 0) is 14.2 Å². The van der Waals surface area contributed by atoms with Crippen LogP contribution >= 0.6 is 0 Å². The van der Waals surface area contributed by atoms with Gasteiger partial charge in [0.05, 0.1) is 37.4 Å². The summed E-state index contributed by atoms with van der Waals surface area (Å²) in [7, 11) is -3.58. The molecule has 0 spiro atoms. The van der Waals surface area contributed by atoms with Crippen molar-refractivity contribution in [2.45, 2.75) is 172 Å². The first-order valence-corrected chi connectivity index (χ1v) is 25.8. The van der Waals surface area contributed by atoms with Crippen molar-refractivity contribution in [2.24, 2.45) is 0 Å². The molecule has 2 N–H and O–H groups in total. The fourth-order valence-electron chi connectivity index (χ4n) is 6.83. The Morgan fingerprint density at radius 3 is 0.900 bits per heavy atom. The standard InChI is InChI=1S/C32H72O5Si3/c1-10-38(11-2,12-3)25-19-22-35-30(28-33)32(37-24-21-27-40(16-7,17-8)18-9)31(29-34)36-23-20-26-39(13-4,14-5)15-6/h30-34H,10-29H2,1-9H3/t30-,31+,32?. The van der Waals surface area contributed by atoms with E-state index in [0.29, 0.717) is 19.8 Å². The van der Waals surface area contributed by atoms with Crippen LogP contribution in [0, 0.1) is 0 Å². The molecule has 0 heterocycles. The number of aliphatic hydroxyl groups is 2. The highest BCUT2D eigenvalue weighted by atomic mass is 28.3. The number of hydrogen-bond donors (Lipinski definition) is 2. The lowest BCUT2D eigenvalue weighted by Gasteiger charge is -2.34. The lowest BCUT2D eigenvalue weighted by Crippen LogP contribution is -2.47. The maximum Gasteiger partial charge on any atom is 0.114 e. The molecular formula is C32H72O5Si3. The molecule has 0 bridgehead atoms. The molecule has 40 heavy (non-hydrogen) atoms. The molecule has 0 saturated heterocycles. The van der Waals surface area contributed by atoms with Crippen LogP contribution in [0.25, 0.3) is 0 Å². The van der Waals surface area contributed by atoms with Gasteiger partial charge in [-0.3, -0.25) is 0 Å². The zero-order valence-electron chi connectivity index (χ0n) is 28.5. The fraction of sp³-hybridized carbons (Fsp3) is 1.00. The van der Waals surface area contributed by atoms with Crippen LogP contribution in [0.4, 0.5) is 0 Å². The minimum Gasteiger partial charge on any atom is -0.394 e. The van der Waals surface area contributed by atoms with Gasteiger partial charge >= 0.3 is 0 Å². The van der Waals surface area contributed by atoms with Crippen molar-refractivity contribution >= 4 is 24.2 Å². The molecule has 0 saturated carbocycles. The van der Waals surface area contributed by atoms with Crippen molar-refractivity contribution in [3.8, 4) is 0 Å². The van der Waals surface area contributed by atoms with E-state index in [-0.39, 0.29) is 13.2 Å². The first-order chi connectivity index (χ1) is 19.2. The summed E-state index contributed by atoms with van der Waals surface area (Å²) in [4.78, 5) is 0. The molecule has 1 unspecified atom stereocenters. The maximum atomic E-state index is 10.4. The zero-order chi connectivity index (χ0) is 30.5. The Balaban J connectivity index is 5.37. The van der Waals surface area contributed by atoms with Crippen molar-refractivity contribution < 1.29 is 24.4 Å². The second kappa shape index (κ2) is 22.9. The van der Waals surface area contributed by atoms with Gasteiger partial charge in [0.2, 0.25) is 0 Å². The van der Waals surface area contributed by atoms with E-state index in [1.807, 2.05) is 0 Å². The molecule has 5 nitrogen and oxygen atoms in total. The number of hydrogen-bond acceptors (Lipinski definition) is 5. The summed E-state index contributed by atoms with van der Waals surface area (Å²) >= 11 is 0. The Morgan fingerprint density at radius 2 is 0.675 bits per heavy atom. The van der Waals surface area contributed by atoms with Gasteiger partial charge in [0.1, 0.15) is 18.3 Å². The molecule has 8 heteroatoms. The van der Waals surface area contributed by atoms with Crippen LogP contribution in [0.1, 0.15) is 81.6 Å². The van der Waals surface area contributed by atoms with Crippen molar-refractivity contribution in [1.82, 2.24) is 0 Å². The van der Waals surface area contributed by atoms with Crippen LogP contribution in [0.3, 0.4) is 0 Å². The molecule has 0 aromatic carbocycles. The summed E-state index contributed by atoms with van der Waals surface area (Å²) in [5.41, 5.74) is 0. The molecule has 0 aromatic heterocycles. The van der Waals surface area contributed by atoms with Gasteiger partial charge < -0.3 is 24.4 Å². The molecule has 0 rings (SSSR count). The third-order valence-electron chi connectivity index (χ3n) is 11.4. The van der Waals surface area contributed by atoms with Gasteiger partial charge in [0.15, 0.2) is 0 Å². The molecule has 0 aliphatic carbocycles. The average Bonchev–Trinajstić information content (AvgIpc) is 3.01. The summed E-state index contributed by atoms with van der Waals surface area (Å²) in [6.07, 6.45) is 1.70. The van der Waals surface area contributed by atoms with E-state index in [0.717, 1.165) is 19.3 Å². The van der Waals surface area contributed by atoms with E-state index < -0.39 is 42.5 Å². The summed E-state index contributed by atoms with van der Waals surface area (Å²) in [5.74, 6) is 0. The second-order valence-electron chi connectivity index (χ2n) is 12.5. The fourth-order valence-corrected chi connectivity index (χ4v) is 17.2. The zero-order valence-corrected chi connectivity index (χ0v) is 31.5. The highest BCUT2D eigenvalue weighted by Gasteiger charge is 2.33. The van der Waals surface area contributed by atoms with Crippen molar-refractivity contribution in [3.05, 3.63) is 0 Å². The van der Waals surface area contributed by atoms with Crippen molar-refractivity contribution in [2.75, 3.05) is 33.0 Å². The molecular weight excluding hydrogens is 549 g/mol. The number of aliphatic hydroxyl groups excluding tert-OH is 2. The summed E-state index contributed by atoms with van der Waals surface area (Å²) < 4.78 is 19.1. The number of ether oxygens (including phenoxy) is 3. The Labute approximate surface area is 253 Å². The Morgan fingerprint density at radius 1 is 0.425 bits per heavy atom. The minimum atomic E-state index is -1.20. The van der Waals surface area contributed by atoms with Crippen LogP contribution in [0.5, 0.6) is 0 Å². The maximum absolute atomic E-state index is 10.4. The van der Waals surface area contributed by atoms with Gasteiger partial charge in [-0.25, -0.2) is 0 Å². The van der Waals surface area contributed by atoms with Gasteiger partial charge in [-0.15, -0.1) is 0 Å². The highest BCUT2D eigenvalue weighted by molar-refractivity contribution is 6.80. The quantitative estimate of drug-likeness (QED) is 0.0676. The van der Waals surface area contributed by atoms with Crippen LogP contribution < -0.4 is 0 Å². The highest BCUT2D eigenvalue weighted by Crippen LogP contribution is 2.29. The van der Waals surface area contributed by atoms with E-state index >= 15 is 0 Å². The lowest BCUT2D eigenvalue weighted by molar-refractivity contribution is -0.159. The van der Waals surface area contributed by atoms with Gasteiger partial charge in [0, 0.05) is 19.8 Å². The third-order valence-corrected chi connectivity index (χ3v) is 29.1. The molecule has 0 amide bonds. The minimum absolute atomic E-state index is 0.114. The van der Waals surface area contributed by atoms with Crippen LogP contribution in [0.2, 0.25) is 72.5 Å². The van der Waals surface area contributed by atoms with Gasteiger partial charge in [-0.1, -0.05) is 135 Å². The first-order valence-electron chi connectivity index (χ1n) is 17.3. The van der Waals surface area contributed by atoms with E-state index in [9.17, 15) is 10.2 Å². The third kappa shape index (κ3) is 13.4. The van der Waals surface area contributed by atoms with Crippen molar-refractivity contribution in [3.63, 3.8) is 0 Å². The molecule has 0 radical (unpaired) electrons. The summed E-state index contributed by atoms with van der Waals surface area (Å²) in [5, 5.41) is 20.8. The molecule has 242 valence electrons. The predicted molar refractivity (Wildman–Crippen MR) is 183 cm³/mol. The van der Waals surface area contributed by atoms with E-state index in [1.54, 1.807) is 0 Å². The van der Waals surface area contributed by atoms with Crippen molar-refractivity contribution in [1.29, 1.82) is 0 Å². The Bertz CT molecular complexity index is 522. The van der Waals surface area contributed by atoms with E-state index in [1.165, 1.54) is 72.5 Å². The van der Waals surface area contributed by atoms with Gasteiger partial charge in [0.25, 0.3) is 0 Å². The summed E-state index contributed by atoms with van der Waals surface area (Å²) in [6.45, 7) is 22.8. The Hall–Kier alpha value is 0.451. The second-order valence-corrected chi connectivity index (χ2v) is 29.4. The summed E-state index contributed by atoms with van der Waals surface area (Å²) in [6, 6.07) is 15.7. The molecule has 0 aliphatic rings. The van der Waals surface area contributed by atoms with Crippen LogP contribution in [-0.4, -0.2) is 85.8 Å². The monoisotopic (exact) mass is 620 g/mol. The van der Waals surface area contributed by atoms with Gasteiger partial charge in [-0.05, 0) is 19.3 Å². The number of rotatable bonds is 28. The van der Waals surface area contributed by atoms with E-state index in [4.69, 9.17) is 14.2 Å². The lowest BCUT2D eigenvalue weighted by atomic mass is 10.1. The molecule has 0 fully saturated rings. The largest absolute Gasteiger partial charge is 0.394 e. The molecule has 0 aromatic rings. The smallest absolute Gasteiger partial charge is 0.114 e. The molecule has 0 aliphatic heterocycles. The normalized spacial score (nSPS) is 15.4. The average molecular weight is 621 g/mol. The van der Waals surface area contributed by atoms with Crippen LogP contribution in [0.15, 0.2) is 0 Å². The Kier molecular flexibility index (Phi) is 23.2. The predicted octanol–water partition coefficient (Wildman–Crippen LogP) is 8.82. The van der Waals surface area contributed by atoms with Gasteiger partial charge in [-0.2, -0.15) is 0 Å². The van der Waals surface area contributed by atoms with E-state index in [2.05, 4.69) is 62.3 Å². The SMILES string of the molecule is CC[Si](CC)(CC)CCCOC([C@H](CO)OCCC[Si](CC)(CC)CC)[C@@H](CO)OCCC[Si](CC)(CC)CC. The topological polar surface area (TPSA) is 68.2 Å². The first kappa shape index (κ1) is 40.5. The molecule has 3 atom stereocenters.